The number of nitrogens with two attached hydrogens (primary N) is 2. The lowest BCUT2D eigenvalue weighted by atomic mass is 9.77. The normalized spacial score (nSPS) is 21.9. The van der Waals surface area contributed by atoms with Crippen molar-refractivity contribution in [2.45, 2.75) is 37.8 Å². The van der Waals surface area contributed by atoms with E-state index in [2.05, 4.69) is 0 Å². The Morgan fingerprint density at radius 1 is 1.26 bits per heavy atom. The largest absolute Gasteiger partial charge is 0.495 e. The van der Waals surface area contributed by atoms with Crippen LogP contribution in [0, 0.1) is 5.92 Å². The van der Waals surface area contributed by atoms with Crippen molar-refractivity contribution in [1.82, 2.24) is 0 Å². The van der Waals surface area contributed by atoms with Gasteiger partial charge in [-0.25, -0.2) is 4.79 Å². The molecule has 0 bridgehead atoms. The Balaban J connectivity index is 2.38. The zero-order valence-corrected chi connectivity index (χ0v) is 12.6. The zero-order chi connectivity index (χ0) is 17.4. The second-order valence-corrected chi connectivity index (χ2v) is 5.77. The molecule has 0 spiro atoms. The van der Waals surface area contributed by atoms with E-state index < -0.39 is 18.1 Å². The van der Waals surface area contributed by atoms with Gasteiger partial charge in [0.2, 0.25) is 0 Å². The molecule has 0 radical (unpaired) electrons. The maximum Gasteiger partial charge on any atom is 0.391 e. The average molecular weight is 332 g/mol. The van der Waals surface area contributed by atoms with Crippen molar-refractivity contribution in [2.24, 2.45) is 5.92 Å². The maximum atomic E-state index is 12.8. The zero-order valence-electron chi connectivity index (χ0n) is 12.6. The molecule has 5 N–H and O–H groups in total. The molecule has 0 saturated heterocycles. The summed E-state index contributed by atoms with van der Waals surface area (Å²) in [5, 5.41) is 9.26. The molecule has 2 rings (SSSR count). The number of ether oxygens (including phenoxy) is 1. The molecule has 1 aliphatic rings. The van der Waals surface area contributed by atoms with Crippen LogP contribution in [0.15, 0.2) is 6.07 Å². The van der Waals surface area contributed by atoms with Crippen molar-refractivity contribution in [3.63, 3.8) is 0 Å². The molecule has 1 saturated carbocycles. The molecule has 0 unspecified atom stereocenters. The van der Waals surface area contributed by atoms with E-state index in [4.69, 9.17) is 16.2 Å². The first-order chi connectivity index (χ1) is 10.7. The number of nitrogen functional groups attached to an aromatic ring is 2. The van der Waals surface area contributed by atoms with Crippen molar-refractivity contribution >= 4 is 17.3 Å². The van der Waals surface area contributed by atoms with Crippen molar-refractivity contribution in [3.8, 4) is 5.75 Å². The van der Waals surface area contributed by atoms with Gasteiger partial charge in [-0.3, -0.25) is 0 Å². The van der Waals surface area contributed by atoms with Gasteiger partial charge in [-0.05, 0) is 37.7 Å². The van der Waals surface area contributed by atoms with Crippen LogP contribution in [0.25, 0.3) is 0 Å². The Morgan fingerprint density at radius 3 is 2.26 bits per heavy atom. The van der Waals surface area contributed by atoms with Gasteiger partial charge in [0.25, 0.3) is 0 Å². The van der Waals surface area contributed by atoms with Gasteiger partial charge < -0.3 is 21.3 Å². The summed E-state index contributed by atoms with van der Waals surface area (Å²) in [6, 6.07) is 1.21. The second kappa shape index (κ2) is 6.17. The van der Waals surface area contributed by atoms with Crippen LogP contribution >= 0.6 is 0 Å². The standard InChI is InChI=1S/C15H19F3N2O3/c1-23-13-9(14(21)22)6-10(19)12(20)11(13)7-2-4-8(5-3-7)15(16,17)18/h6-8H,2-5,19-20H2,1H3,(H,21,22). The first-order valence-electron chi connectivity index (χ1n) is 7.22. The van der Waals surface area contributed by atoms with Crippen molar-refractivity contribution in [3.05, 3.63) is 17.2 Å². The van der Waals surface area contributed by atoms with E-state index in [0.29, 0.717) is 5.56 Å². The Morgan fingerprint density at radius 2 is 1.83 bits per heavy atom. The highest BCUT2D eigenvalue weighted by Gasteiger charge is 2.42. The van der Waals surface area contributed by atoms with Crippen LogP contribution in [-0.4, -0.2) is 24.4 Å². The Bertz CT molecular complexity index is 609. The highest BCUT2D eigenvalue weighted by Crippen LogP contribution is 2.48. The fourth-order valence-electron chi connectivity index (χ4n) is 3.22. The number of aromatic carboxylic acids is 1. The molecular weight excluding hydrogens is 313 g/mol. The third-order valence-electron chi connectivity index (χ3n) is 4.42. The van der Waals surface area contributed by atoms with Gasteiger partial charge in [0, 0.05) is 5.56 Å². The molecule has 0 aromatic heterocycles. The molecule has 0 atom stereocenters. The molecule has 1 aromatic rings. The van der Waals surface area contributed by atoms with Crippen LogP contribution < -0.4 is 16.2 Å². The molecular formula is C15H19F3N2O3. The monoisotopic (exact) mass is 332 g/mol. The van der Waals surface area contributed by atoms with E-state index in [-0.39, 0.29) is 54.3 Å². The Kier molecular flexibility index (Phi) is 4.63. The summed E-state index contributed by atoms with van der Waals surface area (Å²) in [5.74, 6) is -2.77. The fraction of sp³-hybridized carbons (Fsp3) is 0.533. The lowest BCUT2D eigenvalue weighted by Gasteiger charge is -2.32. The van der Waals surface area contributed by atoms with Crippen LogP contribution in [-0.2, 0) is 0 Å². The number of methoxy groups -OCH3 is 1. The SMILES string of the molecule is COc1c(C(=O)O)cc(N)c(N)c1C1CCC(C(F)(F)F)CC1. The van der Waals surface area contributed by atoms with E-state index in [9.17, 15) is 23.1 Å². The third kappa shape index (κ3) is 3.30. The summed E-state index contributed by atoms with van der Waals surface area (Å²) in [4.78, 5) is 11.3. The van der Waals surface area contributed by atoms with Crippen LogP contribution in [0.2, 0.25) is 0 Å². The summed E-state index contributed by atoms with van der Waals surface area (Å²) in [5.41, 5.74) is 12.3. The average Bonchev–Trinajstić information content (AvgIpc) is 2.48. The van der Waals surface area contributed by atoms with E-state index >= 15 is 0 Å². The predicted molar refractivity (Wildman–Crippen MR) is 79.5 cm³/mol. The van der Waals surface area contributed by atoms with Crippen LogP contribution in [0.5, 0.6) is 5.75 Å². The van der Waals surface area contributed by atoms with E-state index in [1.807, 2.05) is 0 Å². The van der Waals surface area contributed by atoms with Gasteiger partial charge >= 0.3 is 12.1 Å². The number of alkyl halides is 3. The van der Waals surface area contributed by atoms with Gasteiger partial charge in [-0.1, -0.05) is 0 Å². The molecule has 5 nitrogen and oxygen atoms in total. The first-order valence-corrected chi connectivity index (χ1v) is 7.22. The molecule has 1 aromatic carbocycles. The van der Waals surface area contributed by atoms with E-state index in [1.165, 1.54) is 13.2 Å². The number of halogens is 3. The first kappa shape index (κ1) is 17.2. The minimum Gasteiger partial charge on any atom is -0.495 e. The molecule has 23 heavy (non-hydrogen) atoms. The van der Waals surface area contributed by atoms with Gasteiger partial charge in [-0.2, -0.15) is 13.2 Å². The number of hydrogen-bond donors (Lipinski definition) is 3. The molecule has 0 heterocycles. The number of benzene rings is 1. The highest BCUT2D eigenvalue weighted by molar-refractivity contribution is 5.95. The topological polar surface area (TPSA) is 98.6 Å². The van der Waals surface area contributed by atoms with Gasteiger partial charge in [-0.15, -0.1) is 0 Å². The van der Waals surface area contributed by atoms with E-state index in [1.54, 1.807) is 0 Å². The minimum atomic E-state index is -4.21. The summed E-state index contributed by atoms with van der Waals surface area (Å²) in [6.07, 6.45) is -3.73. The van der Waals surface area contributed by atoms with Crippen LogP contribution in [0.3, 0.4) is 0 Å². The third-order valence-corrected chi connectivity index (χ3v) is 4.42. The number of carbonyl (C=O) groups is 1. The summed E-state index contributed by atoms with van der Waals surface area (Å²) >= 11 is 0. The number of anilines is 2. The number of rotatable bonds is 3. The molecule has 0 amide bonds. The molecule has 8 heteroatoms. The number of carboxylic acids is 1. The summed E-state index contributed by atoms with van der Waals surface area (Å²) < 4.78 is 43.5. The van der Waals surface area contributed by atoms with Gasteiger partial charge in [0.05, 0.1) is 24.4 Å². The number of carboxylic acid groups (broad SMARTS) is 1. The second-order valence-electron chi connectivity index (χ2n) is 5.77. The summed E-state index contributed by atoms with van der Waals surface area (Å²) in [7, 11) is 1.31. The minimum absolute atomic E-state index is 0.0199. The van der Waals surface area contributed by atoms with Crippen molar-refractivity contribution in [2.75, 3.05) is 18.6 Å². The van der Waals surface area contributed by atoms with Crippen LogP contribution in [0.1, 0.15) is 47.5 Å². The maximum absolute atomic E-state index is 12.8. The smallest absolute Gasteiger partial charge is 0.391 e. The number of hydrogen-bond acceptors (Lipinski definition) is 4. The fourth-order valence-corrected chi connectivity index (χ4v) is 3.22. The summed E-state index contributed by atoms with van der Waals surface area (Å²) in [6.45, 7) is 0. The Hall–Kier alpha value is -2.12. The predicted octanol–water partition coefficient (Wildman–Crippen LogP) is 3.39. The lowest BCUT2D eigenvalue weighted by Crippen LogP contribution is -2.27. The Labute approximate surface area is 131 Å². The molecule has 0 aliphatic heterocycles. The van der Waals surface area contributed by atoms with Gasteiger partial charge in [0.15, 0.2) is 0 Å². The lowest BCUT2D eigenvalue weighted by molar-refractivity contribution is -0.182. The quantitative estimate of drug-likeness (QED) is 0.737. The van der Waals surface area contributed by atoms with Gasteiger partial charge in [0.1, 0.15) is 11.3 Å². The molecule has 1 aliphatic carbocycles. The molecule has 1 fully saturated rings. The van der Waals surface area contributed by atoms with Crippen molar-refractivity contribution in [1.29, 1.82) is 0 Å². The highest BCUT2D eigenvalue weighted by atomic mass is 19.4. The van der Waals surface area contributed by atoms with E-state index in [0.717, 1.165) is 0 Å². The molecule has 128 valence electrons. The van der Waals surface area contributed by atoms with Crippen molar-refractivity contribution < 1.29 is 27.8 Å². The van der Waals surface area contributed by atoms with Crippen LogP contribution in [0.4, 0.5) is 24.5 Å².